The van der Waals surface area contributed by atoms with Crippen LogP contribution >= 0.6 is 0 Å². The van der Waals surface area contributed by atoms with Gasteiger partial charge in [-0.2, -0.15) is 0 Å². The van der Waals surface area contributed by atoms with Crippen LogP contribution in [0.4, 0.5) is 0 Å². The van der Waals surface area contributed by atoms with Gasteiger partial charge < -0.3 is 10.2 Å². The van der Waals surface area contributed by atoms with E-state index in [0.717, 1.165) is 19.3 Å². The molecule has 19 heavy (non-hydrogen) atoms. The zero-order valence-corrected chi connectivity index (χ0v) is 12.1. The van der Waals surface area contributed by atoms with E-state index in [1.807, 2.05) is 0 Å². The molecule has 0 unspecified atom stereocenters. The predicted molar refractivity (Wildman–Crippen MR) is 74.7 cm³/mol. The van der Waals surface area contributed by atoms with Gasteiger partial charge in [-0.05, 0) is 6.42 Å². The number of unbranched alkanes of at least 4 members (excludes halogenated alkanes) is 8. The molecule has 0 atom stereocenters. The average Bonchev–Trinajstić information content (AvgIpc) is 2.36. The zero-order valence-electron chi connectivity index (χ0n) is 12.1. The molecule has 4 nitrogen and oxygen atoms in total. The van der Waals surface area contributed by atoms with Crippen molar-refractivity contribution in [3.8, 4) is 0 Å². The topological polar surface area (TPSA) is 74.6 Å². The third-order valence-electron chi connectivity index (χ3n) is 3.22. The lowest BCUT2D eigenvalue weighted by Crippen LogP contribution is -2.22. The SMILES string of the molecule is CCCCCCCCCCCC(=O)CC(=O)C(O)O. The van der Waals surface area contributed by atoms with Gasteiger partial charge in [0.05, 0.1) is 6.42 Å². The van der Waals surface area contributed by atoms with Gasteiger partial charge in [0, 0.05) is 6.42 Å². The number of aliphatic hydroxyl groups is 2. The van der Waals surface area contributed by atoms with Crippen molar-refractivity contribution in [2.24, 2.45) is 0 Å². The fourth-order valence-electron chi connectivity index (χ4n) is 2.01. The Labute approximate surface area is 116 Å². The Morgan fingerprint density at radius 2 is 1.32 bits per heavy atom. The highest BCUT2D eigenvalue weighted by molar-refractivity contribution is 6.00. The van der Waals surface area contributed by atoms with E-state index >= 15 is 0 Å². The molecule has 0 saturated carbocycles. The molecule has 0 aliphatic carbocycles. The van der Waals surface area contributed by atoms with Gasteiger partial charge in [0.15, 0.2) is 5.78 Å². The summed E-state index contributed by atoms with van der Waals surface area (Å²) in [5.74, 6) is -0.998. The monoisotopic (exact) mass is 272 g/mol. The van der Waals surface area contributed by atoms with E-state index in [4.69, 9.17) is 10.2 Å². The molecule has 112 valence electrons. The fourth-order valence-corrected chi connectivity index (χ4v) is 2.01. The Morgan fingerprint density at radius 3 is 1.79 bits per heavy atom. The Hall–Kier alpha value is -0.740. The molecular weight excluding hydrogens is 244 g/mol. The summed E-state index contributed by atoms with van der Waals surface area (Å²) >= 11 is 0. The van der Waals surface area contributed by atoms with Crippen molar-refractivity contribution in [2.45, 2.75) is 83.8 Å². The number of aliphatic hydroxyl groups excluding tert-OH is 1. The summed E-state index contributed by atoms with van der Waals surface area (Å²) in [4.78, 5) is 22.2. The first-order valence-electron chi connectivity index (χ1n) is 7.48. The third kappa shape index (κ3) is 12.1. The van der Waals surface area contributed by atoms with Crippen LogP contribution in [0.1, 0.15) is 77.6 Å². The average molecular weight is 272 g/mol. The summed E-state index contributed by atoms with van der Waals surface area (Å²) in [6.45, 7) is 2.21. The second-order valence-electron chi connectivity index (χ2n) is 5.13. The summed E-state index contributed by atoms with van der Waals surface area (Å²) in [6, 6.07) is 0. The highest BCUT2D eigenvalue weighted by atomic mass is 16.5. The normalized spacial score (nSPS) is 10.9. The molecular formula is C15H28O4. The van der Waals surface area contributed by atoms with Crippen molar-refractivity contribution in [3.05, 3.63) is 0 Å². The van der Waals surface area contributed by atoms with Gasteiger partial charge in [0.25, 0.3) is 0 Å². The molecule has 0 fully saturated rings. The summed E-state index contributed by atoms with van der Waals surface area (Å²) in [6.07, 6.45) is 8.64. The number of carbonyl (C=O) groups is 2. The Balaban J connectivity index is 3.30. The smallest absolute Gasteiger partial charge is 0.213 e. The molecule has 0 heterocycles. The van der Waals surface area contributed by atoms with Gasteiger partial charge in [0.1, 0.15) is 5.78 Å². The van der Waals surface area contributed by atoms with Gasteiger partial charge in [-0.25, -0.2) is 0 Å². The molecule has 4 heteroatoms. The number of Topliss-reactive ketones (excluding diaryl/α,β-unsaturated/α-hetero) is 2. The van der Waals surface area contributed by atoms with Crippen LogP contribution in [0.25, 0.3) is 0 Å². The fraction of sp³-hybridized carbons (Fsp3) is 0.867. The number of carbonyl (C=O) groups excluding carboxylic acids is 2. The molecule has 0 aliphatic heterocycles. The van der Waals surface area contributed by atoms with Crippen LogP contribution in [-0.4, -0.2) is 28.1 Å². The number of hydrogen-bond donors (Lipinski definition) is 2. The van der Waals surface area contributed by atoms with E-state index in [-0.39, 0.29) is 12.2 Å². The molecule has 0 bridgehead atoms. The van der Waals surface area contributed by atoms with E-state index in [2.05, 4.69) is 6.92 Å². The Bertz CT molecular complexity index is 249. The molecule has 0 aromatic carbocycles. The first kappa shape index (κ1) is 18.3. The van der Waals surface area contributed by atoms with Gasteiger partial charge in [-0.3, -0.25) is 9.59 Å². The van der Waals surface area contributed by atoms with E-state index in [1.165, 1.54) is 38.5 Å². The minimum Gasteiger partial charge on any atom is -0.362 e. The molecule has 0 saturated heterocycles. The lowest BCUT2D eigenvalue weighted by molar-refractivity contribution is -0.147. The summed E-state index contributed by atoms with van der Waals surface area (Å²) in [5, 5.41) is 17.1. The largest absolute Gasteiger partial charge is 0.362 e. The van der Waals surface area contributed by atoms with Crippen molar-refractivity contribution in [2.75, 3.05) is 0 Å². The van der Waals surface area contributed by atoms with Crippen LogP contribution in [-0.2, 0) is 9.59 Å². The van der Waals surface area contributed by atoms with Crippen molar-refractivity contribution in [3.63, 3.8) is 0 Å². The first-order valence-corrected chi connectivity index (χ1v) is 7.48. The predicted octanol–water partition coefficient (Wildman–Crippen LogP) is 2.75. The molecule has 0 aliphatic rings. The lowest BCUT2D eigenvalue weighted by atomic mass is 10.0. The highest BCUT2D eigenvalue weighted by Gasteiger charge is 2.15. The Morgan fingerprint density at radius 1 is 0.842 bits per heavy atom. The zero-order chi connectivity index (χ0) is 14.5. The van der Waals surface area contributed by atoms with E-state index in [9.17, 15) is 9.59 Å². The van der Waals surface area contributed by atoms with Crippen LogP contribution in [0.3, 0.4) is 0 Å². The van der Waals surface area contributed by atoms with Crippen molar-refractivity contribution in [1.82, 2.24) is 0 Å². The summed E-state index contributed by atoms with van der Waals surface area (Å²) < 4.78 is 0. The van der Waals surface area contributed by atoms with E-state index < -0.39 is 12.1 Å². The minimum absolute atomic E-state index is 0.193. The molecule has 2 N–H and O–H groups in total. The summed E-state index contributed by atoms with van der Waals surface area (Å²) in [7, 11) is 0. The van der Waals surface area contributed by atoms with Crippen molar-refractivity contribution >= 4 is 11.6 Å². The second-order valence-corrected chi connectivity index (χ2v) is 5.13. The highest BCUT2D eigenvalue weighted by Crippen LogP contribution is 2.11. The number of ketones is 2. The second kappa shape index (κ2) is 12.3. The van der Waals surface area contributed by atoms with Crippen LogP contribution in [0, 0.1) is 0 Å². The molecule has 0 aromatic rings. The van der Waals surface area contributed by atoms with Gasteiger partial charge >= 0.3 is 0 Å². The molecule has 0 amide bonds. The van der Waals surface area contributed by atoms with Crippen LogP contribution < -0.4 is 0 Å². The Kier molecular flexibility index (Phi) is 11.8. The van der Waals surface area contributed by atoms with Crippen LogP contribution in [0.2, 0.25) is 0 Å². The molecule has 0 spiro atoms. The van der Waals surface area contributed by atoms with Gasteiger partial charge in [0.2, 0.25) is 6.29 Å². The molecule has 0 radical (unpaired) electrons. The maximum atomic E-state index is 11.3. The first-order chi connectivity index (χ1) is 9.07. The van der Waals surface area contributed by atoms with Gasteiger partial charge in [-0.1, -0.05) is 58.3 Å². The van der Waals surface area contributed by atoms with Crippen LogP contribution in [0.5, 0.6) is 0 Å². The lowest BCUT2D eigenvalue weighted by Gasteiger charge is -2.03. The van der Waals surface area contributed by atoms with Crippen molar-refractivity contribution in [1.29, 1.82) is 0 Å². The quantitative estimate of drug-likeness (QED) is 0.307. The number of rotatable bonds is 13. The molecule has 0 rings (SSSR count). The van der Waals surface area contributed by atoms with E-state index in [0.29, 0.717) is 6.42 Å². The summed E-state index contributed by atoms with van der Waals surface area (Å²) in [5.41, 5.74) is 0. The minimum atomic E-state index is -2.01. The standard InChI is InChI=1S/C15H28O4/c1-2-3-4-5-6-7-8-9-10-11-13(16)12-14(17)15(18)19/h15,18-19H,2-12H2,1H3. The maximum Gasteiger partial charge on any atom is 0.213 e. The van der Waals surface area contributed by atoms with Crippen LogP contribution in [0.15, 0.2) is 0 Å². The maximum absolute atomic E-state index is 11.3. The third-order valence-corrected chi connectivity index (χ3v) is 3.22. The van der Waals surface area contributed by atoms with Gasteiger partial charge in [-0.15, -0.1) is 0 Å². The number of hydrogen-bond acceptors (Lipinski definition) is 4. The molecule has 0 aromatic heterocycles. The van der Waals surface area contributed by atoms with Crippen molar-refractivity contribution < 1.29 is 19.8 Å². The van der Waals surface area contributed by atoms with E-state index in [1.54, 1.807) is 0 Å².